The van der Waals surface area contributed by atoms with E-state index in [0.29, 0.717) is 45.0 Å². The molecule has 7 heteroatoms. The maximum Gasteiger partial charge on any atom is 0.262 e. The number of nitrogens with zero attached hydrogens (tertiary/aromatic N) is 1. The van der Waals surface area contributed by atoms with Crippen LogP contribution < -0.4 is 14.8 Å². The maximum atomic E-state index is 12.2. The largest absolute Gasteiger partial charge is 0.490 e. The summed E-state index contributed by atoms with van der Waals surface area (Å²) in [5, 5.41) is 13.3. The fourth-order valence-electron chi connectivity index (χ4n) is 2.91. The number of benzene rings is 3. The molecule has 32 heavy (non-hydrogen) atoms. The first kappa shape index (κ1) is 23.2. The molecule has 0 aromatic heterocycles. The molecule has 0 unspecified atom stereocenters. The Morgan fingerprint density at radius 3 is 2.50 bits per heavy atom. The zero-order valence-electron chi connectivity index (χ0n) is 17.3. The number of para-hydroxylation sites is 1. The molecular weight excluding hydrogens is 447 g/mol. The summed E-state index contributed by atoms with van der Waals surface area (Å²) < 4.78 is 11.3. The smallest absolute Gasteiger partial charge is 0.262 e. The van der Waals surface area contributed by atoms with Crippen molar-refractivity contribution in [3.05, 3.63) is 87.9 Å². The number of nitrogens with one attached hydrogen (secondary N) is 1. The quantitative estimate of drug-likeness (QED) is 0.304. The number of nitriles is 1. The summed E-state index contributed by atoms with van der Waals surface area (Å²) in [4.78, 5) is 12.2. The zero-order valence-corrected chi connectivity index (χ0v) is 18.8. The van der Waals surface area contributed by atoms with Crippen molar-refractivity contribution < 1.29 is 14.3 Å². The van der Waals surface area contributed by atoms with E-state index in [2.05, 4.69) is 11.4 Å². The van der Waals surface area contributed by atoms with Crippen LogP contribution in [0.3, 0.4) is 0 Å². The summed E-state index contributed by atoms with van der Waals surface area (Å²) in [6.07, 6.45) is 1.70. The van der Waals surface area contributed by atoms with Crippen LogP contribution in [-0.4, -0.2) is 19.1 Å². The predicted molar refractivity (Wildman–Crippen MR) is 128 cm³/mol. The Morgan fingerprint density at radius 2 is 1.81 bits per heavy atom. The second-order valence-electron chi connectivity index (χ2n) is 6.64. The summed E-state index contributed by atoms with van der Waals surface area (Å²) in [6.45, 7) is 2.09. The monoisotopic (exact) mass is 466 g/mol. The predicted octanol–water partition coefficient (Wildman–Crippen LogP) is 6.47. The second-order valence-corrected chi connectivity index (χ2v) is 7.48. The summed E-state index contributed by atoms with van der Waals surface area (Å²) in [5.74, 6) is 0.607. The second kappa shape index (κ2) is 11.2. The minimum atomic E-state index is -0.285. The van der Waals surface area contributed by atoms with Gasteiger partial charge in [0, 0.05) is 16.3 Å². The van der Waals surface area contributed by atoms with Crippen molar-refractivity contribution in [1.82, 2.24) is 0 Å². The minimum Gasteiger partial charge on any atom is -0.490 e. The summed E-state index contributed by atoms with van der Waals surface area (Å²) in [7, 11) is 0. The van der Waals surface area contributed by atoms with Gasteiger partial charge in [0.05, 0.1) is 23.3 Å². The van der Waals surface area contributed by atoms with Crippen LogP contribution in [0.1, 0.15) is 18.1 Å². The molecular formula is C25H20Cl2N2O3. The molecule has 0 heterocycles. The van der Waals surface area contributed by atoms with Crippen molar-refractivity contribution in [2.75, 3.05) is 18.5 Å². The van der Waals surface area contributed by atoms with Gasteiger partial charge in [-0.2, -0.15) is 5.26 Å². The normalized spacial score (nSPS) is 10.9. The Hall–Kier alpha value is -3.46. The first-order valence-electron chi connectivity index (χ1n) is 9.82. The third-order valence-corrected chi connectivity index (χ3v) is 4.88. The number of amides is 1. The maximum absolute atomic E-state index is 12.2. The summed E-state index contributed by atoms with van der Waals surface area (Å²) in [5.41, 5.74) is 2.37. The number of anilines is 1. The fraction of sp³-hybridized carbons (Fsp3) is 0.120. The van der Waals surface area contributed by atoms with E-state index < -0.39 is 0 Å². The molecule has 0 fully saturated rings. The highest BCUT2D eigenvalue weighted by Gasteiger charge is 2.11. The van der Waals surface area contributed by atoms with Crippen LogP contribution in [0.15, 0.2) is 66.7 Å². The van der Waals surface area contributed by atoms with Crippen LogP contribution in [0.2, 0.25) is 10.0 Å². The number of carbonyl (C=O) groups is 1. The molecule has 0 aliphatic rings. The lowest BCUT2D eigenvalue weighted by Crippen LogP contribution is -2.20. The Kier molecular flexibility index (Phi) is 8.15. The Bertz CT molecular complexity index is 1170. The van der Waals surface area contributed by atoms with Gasteiger partial charge in [-0.05, 0) is 55.0 Å². The molecule has 3 aromatic carbocycles. The Labute approximate surface area is 196 Å². The van der Waals surface area contributed by atoms with Gasteiger partial charge in [0.15, 0.2) is 18.1 Å². The minimum absolute atomic E-state index is 0.173. The van der Waals surface area contributed by atoms with E-state index >= 15 is 0 Å². The van der Waals surface area contributed by atoms with Crippen molar-refractivity contribution in [1.29, 1.82) is 5.26 Å². The molecule has 162 valence electrons. The Morgan fingerprint density at radius 1 is 1.03 bits per heavy atom. The number of rotatable bonds is 8. The van der Waals surface area contributed by atoms with Gasteiger partial charge in [-0.25, -0.2) is 0 Å². The molecule has 0 aliphatic carbocycles. The van der Waals surface area contributed by atoms with Gasteiger partial charge in [0.25, 0.3) is 5.91 Å². The van der Waals surface area contributed by atoms with E-state index in [1.165, 1.54) is 0 Å². The molecule has 1 amide bonds. The fourth-order valence-corrected chi connectivity index (χ4v) is 3.42. The van der Waals surface area contributed by atoms with Crippen LogP contribution >= 0.6 is 23.2 Å². The van der Waals surface area contributed by atoms with Crippen LogP contribution in [0.4, 0.5) is 5.69 Å². The van der Waals surface area contributed by atoms with E-state index in [1.807, 2.05) is 25.1 Å². The van der Waals surface area contributed by atoms with E-state index in [0.717, 1.165) is 5.56 Å². The van der Waals surface area contributed by atoms with Gasteiger partial charge >= 0.3 is 0 Å². The third kappa shape index (κ3) is 6.27. The van der Waals surface area contributed by atoms with Gasteiger partial charge in [-0.3, -0.25) is 4.79 Å². The van der Waals surface area contributed by atoms with Crippen LogP contribution in [0, 0.1) is 11.3 Å². The van der Waals surface area contributed by atoms with Gasteiger partial charge in [0.1, 0.15) is 0 Å². The zero-order chi connectivity index (χ0) is 22.9. The molecule has 0 spiro atoms. The topological polar surface area (TPSA) is 71.3 Å². The standard InChI is InChI=1S/C25H20Cl2N2O3/c1-2-31-24-13-17(12-18(15-28)21-10-9-19(26)14-22(21)27)8-11-23(24)32-16-25(30)29-20-6-4-3-5-7-20/h3-14H,2,16H2,1H3,(H,29,30)/b18-12+. The molecule has 3 aromatic rings. The van der Waals surface area contributed by atoms with Gasteiger partial charge in [0.2, 0.25) is 0 Å². The highest BCUT2D eigenvalue weighted by molar-refractivity contribution is 6.36. The molecule has 3 rings (SSSR count). The highest BCUT2D eigenvalue weighted by atomic mass is 35.5. The lowest BCUT2D eigenvalue weighted by Gasteiger charge is -2.13. The van der Waals surface area contributed by atoms with E-state index in [-0.39, 0.29) is 12.5 Å². The number of hydrogen-bond donors (Lipinski definition) is 1. The molecule has 0 saturated carbocycles. The SMILES string of the molecule is CCOc1cc(/C=C(\C#N)c2ccc(Cl)cc2Cl)ccc1OCC(=O)Nc1ccccc1. The van der Waals surface area contributed by atoms with Gasteiger partial charge in [-0.15, -0.1) is 0 Å². The molecule has 0 saturated heterocycles. The van der Waals surface area contributed by atoms with Crippen molar-refractivity contribution >= 4 is 46.4 Å². The average molecular weight is 467 g/mol. The van der Waals surface area contributed by atoms with E-state index in [1.54, 1.807) is 54.6 Å². The number of allylic oxidation sites excluding steroid dienone is 1. The highest BCUT2D eigenvalue weighted by Crippen LogP contribution is 2.32. The third-order valence-electron chi connectivity index (χ3n) is 4.34. The molecule has 0 atom stereocenters. The number of hydrogen-bond acceptors (Lipinski definition) is 4. The lowest BCUT2D eigenvalue weighted by molar-refractivity contribution is -0.118. The molecule has 0 bridgehead atoms. The number of ether oxygens (including phenoxy) is 2. The molecule has 0 radical (unpaired) electrons. The molecule has 1 N–H and O–H groups in total. The van der Waals surface area contributed by atoms with Crippen LogP contribution in [0.25, 0.3) is 11.6 Å². The Balaban J connectivity index is 1.78. The number of carbonyl (C=O) groups excluding carboxylic acids is 1. The first-order valence-corrected chi connectivity index (χ1v) is 10.6. The molecule has 0 aliphatic heterocycles. The first-order chi connectivity index (χ1) is 15.5. The summed E-state index contributed by atoms with van der Waals surface area (Å²) in [6, 6.07) is 21.5. The van der Waals surface area contributed by atoms with E-state index in [9.17, 15) is 10.1 Å². The van der Waals surface area contributed by atoms with Crippen LogP contribution in [-0.2, 0) is 4.79 Å². The lowest BCUT2D eigenvalue weighted by atomic mass is 10.0. The van der Waals surface area contributed by atoms with Crippen LogP contribution in [0.5, 0.6) is 11.5 Å². The average Bonchev–Trinajstić information content (AvgIpc) is 2.78. The van der Waals surface area contributed by atoms with Crippen molar-refractivity contribution in [3.63, 3.8) is 0 Å². The van der Waals surface area contributed by atoms with Gasteiger partial charge < -0.3 is 14.8 Å². The van der Waals surface area contributed by atoms with Crippen molar-refractivity contribution in [2.45, 2.75) is 6.92 Å². The van der Waals surface area contributed by atoms with Gasteiger partial charge in [-0.1, -0.05) is 53.5 Å². The molecule has 5 nitrogen and oxygen atoms in total. The number of halogens is 2. The summed E-state index contributed by atoms with van der Waals surface area (Å²) >= 11 is 12.2. The van der Waals surface area contributed by atoms with E-state index in [4.69, 9.17) is 32.7 Å². The van der Waals surface area contributed by atoms with Crippen molar-refractivity contribution in [3.8, 4) is 17.6 Å². The van der Waals surface area contributed by atoms with Crippen molar-refractivity contribution in [2.24, 2.45) is 0 Å².